The summed E-state index contributed by atoms with van der Waals surface area (Å²) in [7, 11) is 0. The van der Waals surface area contributed by atoms with Gasteiger partial charge in [-0.3, -0.25) is 14.5 Å². The van der Waals surface area contributed by atoms with E-state index < -0.39 is 23.7 Å². The Hall–Kier alpha value is -3.56. The number of esters is 1. The lowest BCUT2D eigenvalue weighted by Crippen LogP contribution is -2.49. The number of carbonyl (C=O) groups is 2. The molecule has 1 saturated heterocycles. The first kappa shape index (κ1) is 24.6. The predicted octanol–water partition coefficient (Wildman–Crippen LogP) is 2.83. The van der Waals surface area contributed by atoms with Gasteiger partial charge in [0.25, 0.3) is 5.91 Å². The van der Waals surface area contributed by atoms with E-state index in [1.165, 1.54) is 16.8 Å². The number of halogens is 2. The van der Waals surface area contributed by atoms with E-state index in [4.69, 9.17) is 16.3 Å². The molecule has 1 amide bonds. The molecule has 0 aliphatic carbocycles. The average molecular weight is 499 g/mol. The fraction of sp³-hybridized carbons (Fsp3) is 0.280. The van der Waals surface area contributed by atoms with Gasteiger partial charge in [-0.1, -0.05) is 29.8 Å². The van der Waals surface area contributed by atoms with E-state index in [0.29, 0.717) is 54.7 Å². The number of aryl methyl sites for hydroxylation is 1. The van der Waals surface area contributed by atoms with Crippen molar-refractivity contribution < 1.29 is 18.7 Å². The highest BCUT2D eigenvalue weighted by Gasteiger charge is 2.24. The first-order chi connectivity index (χ1) is 16.8. The van der Waals surface area contributed by atoms with Gasteiger partial charge < -0.3 is 9.64 Å². The molecule has 35 heavy (non-hydrogen) atoms. The van der Waals surface area contributed by atoms with Gasteiger partial charge in [-0.15, -0.1) is 0 Å². The van der Waals surface area contributed by atoms with Crippen LogP contribution in [0.4, 0.5) is 4.39 Å². The SMILES string of the molecule is Cc1cc(=O)c(C(=O)OCC(=O)N2CCN(Cc3ccccc3F)CC2)nn1-c1ccc(Cl)cc1. The predicted molar refractivity (Wildman–Crippen MR) is 128 cm³/mol. The molecule has 1 aromatic heterocycles. The van der Waals surface area contributed by atoms with Crippen molar-refractivity contribution in [2.75, 3.05) is 32.8 Å². The Morgan fingerprint density at radius 3 is 2.43 bits per heavy atom. The minimum Gasteiger partial charge on any atom is -0.451 e. The summed E-state index contributed by atoms with van der Waals surface area (Å²) in [6.07, 6.45) is 0. The summed E-state index contributed by atoms with van der Waals surface area (Å²) in [4.78, 5) is 41.1. The van der Waals surface area contributed by atoms with Crippen LogP contribution in [0.15, 0.2) is 59.4 Å². The molecule has 0 atom stereocenters. The lowest BCUT2D eigenvalue weighted by molar-refractivity contribution is -0.136. The number of rotatable bonds is 6. The number of hydrogen-bond donors (Lipinski definition) is 0. The fourth-order valence-electron chi connectivity index (χ4n) is 3.84. The van der Waals surface area contributed by atoms with Crippen LogP contribution in [0.5, 0.6) is 0 Å². The van der Waals surface area contributed by atoms with Crippen LogP contribution >= 0.6 is 11.6 Å². The van der Waals surface area contributed by atoms with Gasteiger partial charge in [0, 0.05) is 55.1 Å². The zero-order valence-corrected chi connectivity index (χ0v) is 19.9. The summed E-state index contributed by atoms with van der Waals surface area (Å²) < 4.78 is 20.4. The lowest BCUT2D eigenvalue weighted by Gasteiger charge is -2.34. The van der Waals surface area contributed by atoms with Crippen molar-refractivity contribution in [3.05, 3.63) is 92.6 Å². The molecule has 0 bridgehead atoms. The van der Waals surface area contributed by atoms with Crippen molar-refractivity contribution in [1.29, 1.82) is 0 Å². The Balaban J connectivity index is 1.34. The van der Waals surface area contributed by atoms with Crippen molar-refractivity contribution in [2.24, 2.45) is 0 Å². The van der Waals surface area contributed by atoms with E-state index >= 15 is 0 Å². The van der Waals surface area contributed by atoms with Crippen molar-refractivity contribution in [2.45, 2.75) is 13.5 Å². The summed E-state index contributed by atoms with van der Waals surface area (Å²) in [5.74, 6) is -1.59. The molecule has 0 unspecified atom stereocenters. The van der Waals surface area contributed by atoms with Crippen LogP contribution in [0.2, 0.25) is 5.02 Å². The Morgan fingerprint density at radius 2 is 1.74 bits per heavy atom. The molecular weight excluding hydrogens is 475 g/mol. The highest BCUT2D eigenvalue weighted by atomic mass is 35.5. The molecule has 2 aromatic carbocycles. The van der Waals surface area contributed by atoms with Gasteiger partial charge >= 0.3 is 5.97 Å². The van der Waals surface area contributed by atoms with Crippen LogP contribution in [0.3, 0.4) is 0 Å². The second-order valence-electron chi connectivity index (χ2n) is 8.21. The van der Waals surface area contributed by atoms with Crippen LogP contribution in [0.1, 0.15) is 21.7 Å². The fourth-order valence-corrected chi connectivity index (χ4v) is 3.97. The molecular formula is C25H24ClFN4O4. The summed E-state index contributed by atoms with van der Waals surface area (Å²) in [5, 5.41) is 4.68. The Labute approximate surface area is 206 Å². The molecule has 8 nitrogen and oxygen atoms in total. The number of hydrogen-bond acceptors (Lipinski definition) is 6. The number of aromatic nitrogens is 2. The van der Waals surface area contributed by atoms with Crippen LogP contribution in [-0.4, -0.2) is 64.2 Å². The van der Waals surface area contributed by atoms with Crippen LogP contribution in [-0.2, 0) is 16.1 Å². The third-order valence-electron chi connectivity index (χ3n) is 5.78. The van der Waals surface area contributed by atoms with Gasteiger partial charge in [0.1, 0.15) is 5.82 Å². The molecule has 10 heteroatoms. The van der Waals surface area contributed by atoms with Gasteiger partial charge in [0.15, 0.2) is 6.61 Å². The quantitative estimate of drug-likeness (QED) is 0.486. The van der Waals surface area contributed by atoms with Gasteiger partial charge in [-0.25, -0.2) is 13.9 Å². The van der Waals surface area contributed by atoms with E-state index in [1.807, 2.05) is 0 Å². The second kappa shape index (κ2) is 10.8. The molecule has 0 N–H and O–H groups in total. The van der Waals surface area contributed by atoms with Crippen LogP contribution in [0, 0.1) is 12.7 Å². The third kappa shape index (κ3) is 5.93. The standard InChI is InChI=1S/C25H24ClFN4O4/c1-17-14-22(32)24(28-31(17)20-8-6-19(26)7-9-20)25(34)35-16-23(33)30-12-10-29(11-13-30)15-18-4-2-3-5-21(18)27/h2-9,14H,10-13,15-16H2,1H3. The topological polar surface area (TPSA) is 84.7 Å². The molecule has 3 aromatic rings. The van der Waals surface area contributed by atoms with Crippen molar-refractivity contribution in [1.82, 2.24) is 19.6 Å². The summed E-state index contributed by atoms with van der Waals surface area (Å²) in [6.45, 7) is 3.64. The minimum absolute atomic E-state index is 0.252. The summed E-state index contributed by atoms with van der Waals surface area (Å²) in [6, 6.07) is 14.6. The average Bonchev–Trinajstić information content (AvgIpc) is 2.85. The molecule has 2 heterocycles. The van der Waals surface area contributed by atoms with Gasteiger partial charge in [0.2, 0.25) is 11.1 Å². The molecule has 0 saturated carbocycles. The second-order valence-corrected chi connectivity index (χ2v) is 8.65. The van der Waals surface area contributed by atoms with E-state index in [0.717, 1.165) is 0 Å². The normalized spacial score (nSPS) is 14.1. The van der Waals surface area contributed by atoms with Gasteiger partial charge in [0.05, 0.1) is 5.69 Å². The van der Waals surface area contributed by atoms with Crippen molar-refractivity contribution in [3.63, 3.8) is 0 Å². The molecule has 1 aliphatic rings. The van der Waals surface area contributed by atoms with Crippen LogP contribution < -0.4 is 5.43 Å². The Bertz CT molecular complexity index is 1290. The van der Waals surface area contributed by atoms with E-state index in [-0.39, 0.29) is 11.7 Å². The van der Waals surface area contributed by atoms with E-state index in [1.54, 1.807) is 54.3 Å². The Kier molecular flexibility index (Phi) is 7.57. The molecule has 0 radical (unpaired) electrons. The maximum Gasteiger partial charge on any atom is 0.363 e. The molecule has 0 spiro atoms. The molecule has 1 fully saturated rings. The first-order valence-corrected chi connectivity index (χ1v) is 11.5. The maximum absolute atomic E-state index is 13.9. The minimum atomic E-state index is -0.968. The monoisotopic (exact) mass is 498 g/mol. The maximum atomic E-state index is 13.9. The molecule has 182 valence electrons. The summed E-state index contributed by atoms with van der Waals surface area (Å²) in [5.41, 5.74) is 0.750. The third-order valence-corrected chi connectivity index (χ3v) is 6.03. The van der Waals surface area contributed by atoms with Gasteiger partial charge in [-0.2, -0.15) is 5.10 Å². The highest BCUT2D eigenvalue weighted by molar-refractivity contribution is 6.30. The number of amides is 1. The lowest BCUT2D eigenvalue weighted by atomic mass is 10.2. The zero-order chi connectivity index (χ0) is 24.9. The number of nitrogens with zero attached hydrogens (tertiary/aromatic N) is 4. The Morgan fingerprint density at radius 1 is 1.06 bits per heavy atom. The van der Waals surface area contributed by atoms with E-state index in [2.05, 4.69) is 10.00 Å². The number of carbonyl (C=O) groups excluding carboxylic acids is 2. The number of piperazine rings is 1. The number of ether oxygens (including phenoxy) is 1. The summed E-state index contributed by atoms with van der Waals surface area (Å²) >= 11 is 5.92. The first-order valence-electron chi connectivity index (χ1n) is 11.1. The van der Waals surface area contributed by atoms with Crippen molar-refractivity contribution in [3.8, 4) is 5.69 Å². The smallest absolute Gasteiger partial charge is 0.363 e. The molecule has 1 aliphatic heterocycles. The molecule has 4 rings (SSSR count). The van der Waals surface area contributed by atoms with E-state index in [9.17, 15) is 18.8 Å². The highest BCUT2D eigenvalue weighted by Crippen LogP contribution is 2.15. The zero-order valence-electron chi connectivity index (χ0n) is 19.1. The van der Waals surface area contributed by atoms with Crippen LogP contribution in [0.25, 0.3) is 5.69 Å². The van der Waals surface area contributed by atoms with Crippen molar-refractivity contribution >= 4 is 23.5 Å². The number of benzene rings is 2. The largest absolute Gasteiger partial charge is 0.451 e. The van der Waals surface area contributed by atoms with Gasteiger partial charge in [-0.05, 0) is 37.3 Å².